The van der Waals surface area contributed by atoms with Crippen molar-refractivity contribution >= 4 is 40.9 Å². The Morgan fingerprint density at radius 3 is 2.46 bits per heavy atom. The van der Waals surface area contributed by atoms with Gasteiger partial charge in [-0.05, 0) is 88.6 Å². The normalized spacial score (nSPS) is 13.3. The van der Waals surface area contributed by atoms with E-state index in [0.717, 1.165) is 35.3 Å². The van der Waals surface area contributed by atoms with Crippen molar-refractivity contribution in [2.24, 2.45) is 0 Å². The first-order chi connectivity index (χ1) is 17.0. The molecule has 4 rings (SSSR count). The molecule has 0 spiro atoms. The number of allylic oxidation sites excluding steroid dienone is 3. The number of ether oxygens (including phenoxy) is 2. The van der Waals surface area contributed by atoms with Gasteiger partial charge in [0.2, 0.25) is 0 Å². The smallest absolute Gasteiger partial charge is 0.330 e. The zero-order chi connectivity index (χ0) is 24.8. The van der Waals surface area contributed by atoms with E-state index in [1.807, 2.05) is 30.3 Å². The number of methoxy groups -OCH3 is 1. The third-order valence-corrected chi connectivity index (χ3v) is 6.45. The Bertz CT molecular complexity index is 1310. The van der Waals surface area contributed by atoms with Crippen molar-refractivity contribution < 1.29 is 14.3 Å². The Morgan fingerprint density at radius 1 is 1.03 bits per heavy atom. The van der Waals surface area contributed by atoms with Crippen LogP contribution in [0, 0.1) is 0 Å². The van der Waals surface area contributed by atoms with Crippen molar-refractivity contribution in [1.82, 2.24) is 0 Å². The van der Waals surface area contributed by atoms with Crippen molar-refractivity contribution in [2.75, 3.05) is 13.7 Å². The summed E-state index contributed by atoms with van der Waals surface area (Å²) in [5.74, 6) is 0.398. The molecular weight excluding hydrogens is 456 g/mol. The monoisotopic (exact) mass is 484 g/mol. The molecule has 0 amide bonds. The van der Waals surface area contributed by atoms with Gasteiger partial charge in [0.15, 0.2) is 0 Å². The third-order valence-electron chi connectivity index (χ3n) is 6.14. The van der Waals surface area contributed by atoms with Crippen LogP contribution >= 0.6 is 11.6 Å². The molecule has 0 unspecified atom stereocenters. The highest BCUT2D eigenvalue weighted by atomic mass is 35.5. The molecule has 0 heterocycles. The summed E-state index contributed by atoms with van der Waals surface area (Å²) in [5.41, 5.74) is 9.28. The van der Waals surface area contributed by atoms with Gasteiger partial charge in [-0.2, -0.15) is 0 Å². The van der Waals surface area contributed by atoms with Crippen LogP contribution in [0.25, 0.3) is 23.3 Å². The van der Waals surface area contributed by atoms with E-state index >= 15 is 0 Å². The quantitative estimate of drug-likeness (QED) is 0.185. The second-order valence-corrected chi connectivity index (χ2v) is 8.71. The summed E-state index contributed by atoms with van der Waals surface area (Å²) in [7, 11) is 1.64. The summed E-state index contributed by atoms with van der Waals surface area (Å²) in [6.45, 7) is 4.32. The molecule has 0 aromatic heterocycles. The van der Waals surface area contributed by atoms with E-state index in [1.54, 1.807) is 20.1 Å². The molecule has 3 aromatic rings. The number of rotatable bonds is 8. The Labute approximate surface area is 212 Å². The molecule has 0 saturated carbocycles. The van der Waals surface area contributed by atoms with Gasteiger partial charge in [0.05, 0.1) is 18.7 Å². The number of hydrogen-bond acceptors (Lipinski definition) is 3. The summed E-state index contributed by atoms with van der Waals surface area (Å²) in [4.78, 5) is 11.7. The number of halogens is 1. The number of carbonyl (C=O) groups excluding carboxylic acids is 1. The van der Waals surface area contributed by atoms with Crippen molar-refractivity contribution in [3.05, 3.63) is 111 Å². The minimum atomic E-state index is -0.339. The average molecular weight is 485 g/mol. The van der Waals surface area contributed by atoms with Gasteiger partial charge in [-0.1, -0.05) is 73.1 Å². The van der Waals surface area contributed by atoms with Crippen LogP contribution in [0.2, 0.25) is 5.02 Å². The molecule has 178 valence electrons. The highest BCUT2D eigenvalue weighted by molar-refractivity contribution is 6.33. The van der Waals surface area contributed by atoms with Gasteiger partial charge in [-0.15, -0.1) is 0 Å². The van der Waals surface area contributed by atoms with Crippen LogP contribution in [0.4, 0.5) is 0 Å². The van der Waals surface area contributed by atoms with E-state index in [9.17, 15) is 4.79 Å². The second kappa shape index (κ2) is 11.2. The molecule has 3 aromatic carbocycles. The molecule has 0 saturated heterocycles. The Kier molecular flexibility index (Phi) is 7.89. The molecule has 1 aliphatic rings. The van der Waals surface area contributed by atoms with Gasteiger partial charge in [0.25, 0.3) is 0 Å². The summed E-state index contributed by atoms with van der Waals surface area (Å²) in [6.07, 6.45) is 7.20. The van der Waals surface area contributed by atoms with Gasteiger partial charge in [-0.25, -0.2) is 4.79 Å². The average Bonchev–Trinajstić information content (AvgIpc) is 3.30. The zero-order valence-corrected chi connectivity index (χ0v) is 21.1. The fourth-order valence-electron chi connectivity index (χ4n) is 4.48. The molecule has 0 bridgehead atoms. The van der Waals surface area contributed by atoms with E-state index in [1.165, 1.54) is 33.9 Å². The summed E-state index contributed by atoms with van der Waals surface area (Å²) < 4.78 is 10.4. The van der Waals surface area contributed by atoms with Gasteiger partial charge in [0, 0.05) is 6.08 Å². The first kappa shape index (κ1) is 24.6. The first-order valence-corrected chi connectivity index (χ1v) is 12.2. The number of carbonyl (C=O) groups is 1. The molecule has 0 fully saturated rings. The number of hydrogen-bond donors (Lipinski definition) is 0. The van der Waals surface area contributed by atoms with Crippen molar-refractivity contribution in [3.63, 3.8) is 0 Å². The van der Waals surface area contributed by atoms with Crippen LogP contribution in [0.3, 0.4) is 0 Å². The van der Waals surface area contributed by atoms with Crippen LogP contribution in [0.5, 0.6) is 5.75 Å². The van der Waals surface area contributed by atoms with Crippen molar-refractivity contribution in [1.29, 1.82) is 0 Å². The number of benzene rings is 3. The van der Waals surface area contributed by atoms with E-state index in [4.69, 9.17) is 21.1 Å². The lowest BCUT2D eigenvalue weighted by Crippen LogP contribution is -1.99. The SMILES string of the molecule is CCOC(=O)/C=C/c1ccc(/C(C2=Cc3ccccc3C2)=C(/CC)c2ccc(OC)cc2Cl)cc1. The highest BCUT2D eigenvalue weighted by Gasteiger charge is 2.21. The maximum atomic E-state index is 11.7. The summed E-state index contributed by atoms with van der Waals surface area (Å²) >= 11 is 6.74. The molecule has 35 heavy (non-hydrogen) atoms. The molecular formula is C31H29ClO3. The van der Waals surface area contributed by atoms with E-state index in [2.05, 4.69) is 49.4 Å². The predicted molar refractivity (Wildman–Crippen MR) is 145 cm³/mol. The lowest BCUT2D eigenvalue weighted by atomic mass is 9.87. The minimum Gasteiger partial charge on any atom is -0.497 e. The molecule has 4 heteroatoms. The van der Waals surface area contributed by atoms with Crippen LogP contribution < -0.4 is 4.74 Å². The molecule has 1 aliphatic carbocycles. The zero-order valence-electron chi connectivity index (χ0n) is 20.3. The van der Waals surface area contributed by atoms with Crippen molar-refractivity contribution in [3.8, 4) is 5.75 Å². The van der Waals surface area contributed by atoms with Crippen molar-refractivity contribution in [2.45, 2.75) is 26.7 Å². The lowest BCUT2D eigenvalue weighted by molar-refractivity contribution is -0.137. The Balaban J connectivity index is 1.81. The highest BCUT2D eigenvalue weighted by Crippen LogP contribution is 2.42. The largest absolute Gasteiger partial charge is 0.497 e. The molecule has 0 aliphatic heterocycles. The Morgan fingerprint density at radius 2 is 1.80 bits per heavy atom. The van der Waals surface area contributed by atoms with E-state index in [-0.39, 0.29) is 5.97 Å². The molecule has 0 N–H and O–H groups in total. The minimum absolute atomic E-state index is 0.339. The van der Waals surface area contributed by atoms with Crippen LogP contribution in [-0.2, 0) is 16.0 Å². The standard InChI is InChI=1S/C31H29ClO3/c1-4-27(28-16-15-26(34-3)20-29(28)32)31(25-18-23-8-6-7-9-24(23)19-25)22-13-10-21(11-14-22)12-17-30(33)35-5-2/h6-18,20H,4-5,19H2,1-3H3/b17-12+,31-27+. The molecule has 0 radical (unpaired) electrons. The summed E-state index contributed by atoms with van der Waals surface area (Å²) in [5, 5.41) is 0.670. The fraction of sp³-hybridized carbons (Fsp3) is 0.194. The van der Waals surface area contributed by atoms with Gasteiger partial charge < -0.3 is 9.47 Å². The Hall–Kier alpha value is -3.56. The second-order valence-electron chi connectivity index (χ2n) is 8.31. The number of fused-ring (bicyclic) bond motifs is 1. The first-order valence-electron chi connectivity index (χ1n) is 11.8. The van der Waals surface area contributed by atoms with Crippen LogP contribution in [0.15, 0.2) is 78.4 Å². The third kappa shape index (κ3) is 5.58. The van der Waals surface area contributed by atoms with E-state index < -0.39 is 0 Å². The molecule has 3 nitrogen and oxygen atoms in total. The predicted octanol–water partition coefficient (Wildman–Crippen LogP) is 7.89. The van der Waals surface area contributed by atoms with E-state index in [0.29, 0.717) is 11.6 Å². The van der Waals surface area contributed by atoms with Gasteiger partial charge in [-0.3, -0.25) is 0 Å². The molecule has 0 atom stereocenters. The van der Waals surface area contributed by atoms with Gasteiger partial charge in [0.1, 0.15) is 5.75 Å². The van der Waals surface area contributed by atoms with Crippen LogP contribution in [-0.4, -0.2) is 19.7 Å². The maximum absolute atomic E-state index is 11.7. The maximum Gasteiger partial charge on any atom is 0.330 e. The van der Waals surface area contributed by atoms with Crippen LogP contribution in [0.1, 0.15) is 48.1 Å². The van der Waals surface area contributed by atoms with Gasteiger partial charge >= 0.3 is 5.97 Å². The topological polar surface area (TPSA) is 35.5 Å². The fourth-order valence-corrected chi connectivity index (χ4v) is 4.76. The summed E-state index contributed by atoms with van der Waals surface area (Å²) in [6, 6.07) is 22.6. The lowest BCUT2D eigenvalue weighted by Gasteiger charge is -2.18. The number of esters is 1.